The van der Waals surface area contributed by atoms with E-state index in [2.05, 4.69) is 4.74 Å². The standard InChI is InChI=1S/C11H11NO6.Na.H/c1-7(10(13)17-2)11(14)18-9-6-4-3-5-8(9)12(15)16;;/h3-7H,1-2H3;;. The molecule has 1 aromatic carbocycles. The Hall–Kier alpha value is -1.44. The number of hydrogen-bond acceptors (Lipinski definition) is 6. The molecule has 0 aliphatic carbocycles. The maximum atomic E-state index is 11.5. The fourth-order valence-electron chi connectivity index (χ4n) is 1.16. The molecule has 1 aromatic rings. The van der Waals surface area contributed by atoms with Crippen molar-refractivity contribution < 1.29 is 24.0 Å². The normalized spacial score (nSPS) is 10.8. The molecule has 0 bridgehead atoms. The predicted octanol–water partition coefficient (Wildman–Crippen LogP) is 0.661. The van der Waals surface area contributed by atoms with Crippen molar-refractivity contribution >= 4 is 47.2 Å². The monoisotopic (exact) mass is 277 g/mol. The van der Waals surface area contributed by atoms with Crippen molar-refractivity contribution in [2.75, 3.05) is 7.11 Å². The molecule has 0 saturated heterocycles. The summed E-state index contributed by atoms with van der Waals surface area (Å²) >= 11 is 0. The van der Waals surface area contributed by atoms with E-state index < -0.39 is 22.8 Å². The van der Waals surface area contributed by atoms with Crippen LogP contribution in [0.4, 0.5) is 5.69 Å². The summed E-state index contributed by atoms with van der Waals surface area (Å²) in [6, 6.07) is 5.41. The molecule has 8 heteroatoms. The van der Waals surface area contributed by atoms with Crippen LogP contribution in [0.5, 0.6) is 5.75 Å². The third-order valence-electron chi connectivity index (χ3n) is 2.18. The van der Waals surface area contributed by atoms with Crippen LogP contribution in [0.15, 0.2) is 24.3 Å². The minimum atomic E-state index is -1.14. The molecule has 0 aromatic heterocycles. The van der Waals surface area contributed by atoms with Gasteiger partial charge in [0.15, 0.2) is 5.92 Å². The first-order valence-corrected chi connectivity index (χ1v) is 5.00. The van der Waals surface area contributed by atoms with Gasteiger partial charge in [-0.15, -0.1) is 0 Å². The van der Waals surface area contributed by atoms with Gasteiger partial charge in [-0.2, -0.15) is 0 Å². The molecule has 0 N–H and O–H groups in total. The van der Waals surface area contributed by atoms with Crippen LogP contribution in [0, 0.1) is 16.0 Å². The van der Waals surface area contributed by atoms with Gasteiger partial charge in [0, 0.05) is 6.07 Å². The number of nitro benzene ring substituents is 1. The Morgan fingerprint density at radius 2 is 1.84 bits per heavy atom. The van der Waals surface area contributed by atoms with Gasteiger partial charge in [-0.25, -0.2) is 0 Å². The summed E-state index contributed by atoms with van der Waals surface area (Å²) in [6.45, 7) is 1.29. The van der Waals surface area contributed by atoms with Crippen LogP contribution in [-0.2, 0) is 14.3 Å². The summed E-state index contributed by atoms with van der Waals surface area (Å²) in [6.07, 6.45) is 0. The van der Waals surface area contributed by atoms with Crippen molar-refractivity contribution in [3.8, 4) is 5.75 Å². The van der Waals surface area contributed by atoms with Gasteiger partial charge in [0.1, 0.15) is 0 Å². The molecule has 19 heavy (non-hydrogen) atoms. The van der Waals surface area contributed by atoms with Gasteiger partial charge in [0.05, 0.1) is 12.0 Å². The molecule has 0 spiro atoms. The molecular formula is C11H12NNaO6. The van der Waals surface area contributed by atoms with Gasteiger partial charge < -0.3 is 9.47 Å². The van der Waals surface area contributed by atoms with E-state index in [-0.39, 0.29) is 41.0 Å². The van der Waals surface area contributed by atoms with Crippen LogP contribution < -0.4 is 4.74 Å². The Kier molecular flexibility index (Phi) is 7.28. The molecule has 98 valence electrons. The van der Waals surface area contributed by atoms with Crippen LogP contribution in [0.25, 0.3) is 0 Å². The van der Waals surface area contributed by atoms with E-state index >= 15 is 0 Å². The number of methoxy groups -OCH3 is 1. The van der Waals surface area contributed by atoms with Gasteiger partial charge >= 0.3 is 47.2 Å². The minimum absolute atomic E-state index is 0. The molecule has 0 aliphatic heterocycles. The number of esters is 2. The van der Waals surface area contributed by atoms with Crippen LogP contribution >= 0.6 is 0 Å². The second-order valence-electron chi connectivity index (χ2n) is 3.39. The summed E-state index contributed by atoms with van der Waals surface area (Å²) < 4.78 is 9.19. The van der Waals surface area contributed by atoms with Crippen LogP contribution in [0.1, 0.15) is 6.92 Å². The first-order chi connectivity index (χ1) is 8.47. The Morgan fingerprint density at radius 1 is 1.26 bits per heavy atom. The number of carbonyl (C=O) groups excluding carboxylic acids is 2. The van der Waals surface area contributed by atoms with Crippen LogP contribution in [-0.4, -0.2) is 53.5 Å². The number of para-hydroxylation sites is 2. The molecule has 0 heterocycles. The average molecular weight is 277 g/mol. The van der Waals surface area contributed by atoms with Crippen LogP contribution in [0.3, 0.4) is 0 Å². The topological polar surface area (TPSA) is 95.7 Å². The van der Waals surface area contributed by atoms with Crippen molar-refractivity contribution in [2.45, 2.75) is 6.92 Å². The second kappa shape index (κ2) is 7.88. The first kappa shape index (κ1) is 17.6. The van der Waals surface area contributed by atoms with Crippen molar-refractivity contribution in [2.24, 2.45) is 5.92 Å². The number of carbonyl (C=O) groups is 2. The van der Waals surface area contributed by atoms with Crippen molar-refractivity contribution in [1.29, 1.82) is 0 Å². The molecule has 1 unspecified atom stereocenters. The zero-order chi connectivity index (χ0) is 13.7. The van der Waals surface area contributed by atoms with Gasteiger partial charge in [0.2, 0.25) is 5.75 Å². The first-order valence-electron chi connectivity index (χ1n) is 5.00. The fourth-order valence-corrected chi connectivity index (χ4v) is 1.16. The Balaban J connectivity index is 0.00000324. The summed E-state index contributed by atoms with van der Waals surface area (Å²) in [7, 11) is 1.14. The van der Waals surface area contributed by atoms with Gasteiger partial charge in [-0.05, 0) is 13.0 Å². The fraction of sp³-hybridized carbons (Fsp3) is 0.273. The molecule has 0 radical (unpaired) electrons. The van der Waals surface area contributed by atoms with E-state index in [4.69, 9.17) is 4.74 Å². The molecular weight excluding hydrogens is 265 g/mol. The average Bonchev–Trinajstić information content (AvgIpc) is 2.37. The zero-order valence-electron chi connectivity index (χ0n) is 9.78. The number of rotatable bonds is 4. The molecule has 0 saturated carbocycles. The number of hydrogen-bond donors (Lipinski definition) is 0. The molecule has 0 amide bonds. The Morgan fingerprint density at radius 3 is 2.37 bits per heavy atom. The van der Waals surface area contributed by atoms with Crippen LogP contribution in [0.2, 0.25) is 0 Å². The summed E-state index contributed by atoms with van der Waals surface area (Å²) in [5.74, 6) is -3.02. The van der Waals surface area contributed by atoms with E-state index in [9.17, 15) is 19.7 Å². The number of nitro groups is 1. The molecule has 0 aliphatic rings. The van der Waals surface area contributed by atoms with Crippen molar-refractivity contribution in [3.63, 3.8) is 0 Å². The predicted molar refractivity (Wildman–Crippen MR) is 67.1 cm³/mol. The van der Waals surface area contributed by atoms with E-state index in [1.807, 2.05) is 0 Å². The summed E-state index contributed by atoms with van der Waals surface area (Å²) in [4.78, 5) is 32.7. The molecule has 1 atom stereocenters. The number of nitrogens with zero attached hydrogens (tertiary/aromatic N) is 1. The van der Waals surface area contributed by atoms with Gasteiger partial charge in [-0.3, -0.25) is 19.7 Å². The molecule has 1 rings (SSSR count). The Labute approximate surface area is 131 Å². The van der Waals surface area contributed by atoms with Crippen molar-refractivity contribution in [1.82, 2.24) is 0 Å². The Bertz CT molecular complexity index is 490. The van der Waals surface area contributed by atoms with E-state index in [1.165, 1.54) is 31.2 Å². The van der Waals surface area contributed by atoms with E-state index in [0.29, 0.717) is 0 Å². The number of benzene rings is 1. The third-order valence-corrected chi connectivity index (χ3v) is 2.18. The zero-order valence-corrected chi connectivity index (χ0v) is 9.78. The van der Waals surface area contributed by atoms with Crippen molar-refractivity contribution in [3.05, 3.63) is 34.4 Å². The second-order valence-corrected chi connectivity index (χ2v) is 3.39. The third kappa shape index (κ3) is 4.62. The molecule has 7 nitrogen and oxygen atoms in total. The van der Waals surface area contributed by atoms with E-state index in [1.54, 1.807) is 0 Å². The van der Waals surface area contributed by atoms with E-state index in [0.717, 1.165) is 7.11 Å². The number of ether oxygens (including phenoxy) is 2. The maximum absolute atomic E-state index is 11.5. The SMILES string of the molecule is COC(=O)C(C)C(=O)Oc1ccccc1[N+](=O)[O-].[NaH]. The summed E-state index contributed by atoms with van der Waals surface area (Å²) in [5, 5.41) is 10.7. The quantitative estimate of drug-likeness (QED) is 0.200. The van der Waals surface area contributed by atoms with Gasteiger partial charge in [0.25, 0.3) is 0 Å². The summed E-state index contributed by atoms with van der Waals surface area (Å²) in [5.41, 5.74) is -0.345. The van der Waals surface area contributed by atoms with Gasteiger partial charge in [-0.1, -0.05) is 12.1 Å². The molecule has 0 fully saturated rings.